The third-order valence-electron chi connectivity index (χ3n) is 5.71. The SMILES string of the molecule is C[C@@H]1NCC[C@@H]1C(C)(C)OC(=O)C(=O)OC(C)(C)[C@H]1CCN[C@H]1C. The lowest BCUT2D eigenvalue weighted by atomic mass is 9.85. The molecule has 2 rings (SSSR count). The van der Waals surface area contributed by atoms with Gasteiger partial charge in [0, 0.05) is 23.9 Å². The molecule has 0 aliphatic carbocycles. The molecule has 4 atom stereocenters. The minimum absolute atomic E-state index is 0.182. The summed E-state index contributed by atoms with van der Waals surface area (Å²) in [7, 11) is 0. The number of carbonyl (C=O) groups excluding carboxylic acids is 2. The van der Waals surface area contributed by atoms with E-state index in [-0.39, 0.29) is 23.9 Å². The first-order valence-corrected chi connectivity index (χ1v) is 8.97. The summed E-state index contributed by atoms with van der Waals surface area (Å²) in [5.74, 6) is -1.43. The summed E-state index contributed by atoms with van der Waals surface area (Å²) in [6, 6.07) is 0.511. The van der Waals surface area contributed by atoms with Gasteiger partial charge in [-0.05, 0) is 67.5 Å². The van der Waals surface area contributed by atoms with Gasteiger partial charge in [-0.2, -0.15) is 0 Å². The number of hydrogen-bond acceptors (Lipinski definition) is 6. The predicted octanol–water partition coefficient (Wildman–Crippen LogP) is 1.63. The van der Waals surface area contributed by atoms with Crippen LogP contribution in [0, 0.1) is 11.8 Å². The Morgan fingerprint density at radius 1 is 0.792 bits per heavy atom. The average Bonchev–Trinajstić information content (AvgIpc) is 3.06. The van der Waals surface area contributed by atoms with E-state index in [1.165, 1.54) is 0 Å². The molecule has 0 unspecified atom stereocenters. The summed E-state index contributed by atoms with van der Waals surface area (Å²) < 4.78 is 11.0. The van der Waals surface area contributed by atoms with Crippen molar-refractivity contribution in [3.8, 4) is 0 Å². The Bertz CT molecular complexity index is 445. The Morgan fingerprint density at radius 2 is 1.12 bits per heavy atom. The van der Waals surface area contributed by atoms with Crippen LogP contribution >= 0.6 is 0 Å². The molecule has 2 aliphatic rings. The highest BCUT2D eigenvalue weighted by Gasteiger charge is 2.44. The van der Waals surface area contributed by atoms with Crippen molar-refractivity contribution in [3.05, 3.63) is 0 Å². The molecule has 0 radical (unpaired) electrons. The molecule has 0 aromatic heterocycles. The molecule has 24 heavy (non-hydrogen) atoms. The summed E-state index contributed by atoms with van der Waals surface area (Å²) in [6.45, 7) is 13.4. The van der Waals surface area contributed by atoms with Gasteiger partial charge >= 0.3 is 11.9 Å². The highest BCUT2D eigenvalue weighted by molar-refractivity contribution is 6.29. The second-order valence-corrected chi connectivity index (χ2v) is 8.26. The van der Waals surface area contributed by atoms with Crippen LogP contribution in [0.15, 0.2) is 0 Å². The molecule has 2 heterocycles. The molecule has 0 aromatic carbocycles. The maximum atomic E-state index is 12.3. The van der Waals surface area contributed by atoms with E-state index >= 15 is 0 Å². The molecule has 0 amide bonds. The van der Waals surface area contributed by atoms with Crippen LogP contribution in [-0.2, 0) is 19.1 Å². The average molecular weight is 340 g/mol. The number of ether oxygens (including phenoxy) is 2. The van der Waals surface area contributed by atoms with Crippen molar-refractivity contribution in [2.24, 2.45) is 11.8 Å². The molecule has 2 fully saturated rings. The predicted molar refractivity (Wildman–Crippen MR) is 91.5 cm³/mol. The largest absolute Gasteiger partial charge is 0.451 e. The first kappa shape index (κ1) is 19.2. The molecule has 2 saturated heterocycles. The molecule has 0 spiro atoms. The van der Waals surface area contributed by atoms with Gasteiger partial charge in [0.05, 0.1) is 0 Å². The number of nitrogens with one attached hydrogen (secondary N) is 2. The van der Waals surface area contributed by atoms with Crippen LogP contribution in [-0.4, -0.2) is 48.3 Å². The van der Waals surface area contributed by atoms with Gasteiger partial charge in [-0.15, -0.1) is 0 Å². The fraction of sp³-hybridized carbons (Fsp3) is 0.889. The van der Waals surface area contributed by atoms with Crippen LogP contribution in [0.2, 0.25) is 0 Å². The summed E-state index contributed by atoms with van der Waals surface area (Å²) >= 11 is 0. The number of rotatable bonds is 4. The molecule has 138 valence electrons. The summed E-state index contributed by atoms with van der Waals surface area (Å²) in [4.78, 5) is 24.5. The summed E-state index contributed by atoms with van der Waals surface area (Å²) in [5.41, 5.74) is -1.41. The minimum Gasteiger partial charge on any atom is -0.451 e. The smallest absolute Gasteiger partial charge is 0.418 e. The maximum Gasteiger partial charge on any atom is 0.418 e. The van der Waals surface area contributed by atoms with E-state index < -0.39 is 23.1 Å². The second-order valence-electron chi connectivity index (χ2n) is 8.26. The molecule has 6 heteroatoms. The van der Waals surface area contributed by atoms with Gasteiger partial charge in [0.15, 0.2) is 0 Å². The van der Waals surface area contributed by atoms with Crippen LogP contribution in [0.3, 0.4) is 0 Å². The van der Waals surface area contributed by atoms with Gasteiger partial charge in [0.2, 0.25) is 0 Å². The van der Waals surface area contributed by atoms with Crippen molar-refractivity contribution in [1.29, 1.82) is 0 Å². The van der Waals surface area contributed by atoms with Crippen molar-refractivity contribution in [1.82, 2.24) is 10.6 Å². The highest BCUT2D eigenvalue weighted by atomic mass is 16.6. The van der Waals surface area contributed by atoms with E-state index in [1.807, 2.05) is 27.7 Å². The maximum absolute atomic E-state index is 12.3. The quantitative estimate of drug-likeness (QED) is 0.598. The fourth-order valence-corrected chi connectivity index (χ4v) is 4.33. The number of carbonyl (C=O) groups is 2. The Hall–Kier alpha value is -1.14. The standard InChI is InChI=1S/C18H32N2O4/c1-11-13(7-9-19-11)17(3,4)23-15(21)16(22)24-18(5,6)14-8-10-20-12(14)2/h11-14,19-20H,7-10H2,1-6H3/t11-,12-,13-,14-/m0/s1. The van der Waals surface area contributed by atoms with Gasteiger partial charge < -0.3 is 20.1 Å². The molecule has 0 saturated carbocycles. The van der Waals surface area contributed by atoms with Crippen LogP contribution in [0.25, 0.3) is 0 Å². The van der Waals surface area contributed by atoms with Gasteiger partial charge in [-0.3, -0.25) is 0 Å². The number of esters is 2. The van der Waals surface area contributed by atoms with Crippen LogP contribution < -0.4 is 10.6 Å². The van der Waals surface area contributed by atoms with Gasteiger partial charge in [0.1, 0.15) is 11.2 Å². The Kier molecular flexibility index (Phi) is 5.60. The van der Waals surface area contributed by atoms with E-state index in [9.17, 15) is 9.59 Å². The minimum atomic E-state index is -0.897. The third kappa shape index (κ3) is 4.09. The van der Waals surface area contributed by atoms with E-state index in [1.54, 1.807) is 0 Å². The van der Waals surface area contributed by atoms with E-state index in [0.29, 0.717) is 0 Å². The zero-order valence-corrected chi connectivity index (χ0v) is 15.8. The van der Waals surface area contributed by atoms with Crippen LogP contribution in [0.5, 0.6) is 0 Å². The van der Waals surface area contributed by atoms with E-state index in [2.05, 4.69) is 24.5 Å². The zero-order valence-electron chi connectivity index (χ0n) is 15.8. The molecular formula is C18H32N2O4. The Morgan fingerprint density at radius 3 is 1.38 bits per heavy atom. The van der Waals surface area contributed by atoms with Crippen molar-refractivity contribution >= 4 is 11.9 Å². The molecular weight excluding hydrogens is 308 g/mol. The Labute approximate surface area is 145 Å². The highest BCUT2D eigenvalue weighted by Crippen LogP contribution is 2.33. The van der Waals surface area contributed by atoms with E-state index in [4.69, 9.17) is 9.47 Å². The topological polar surface area (TPSA) is 76.7 Å². The first-order valence-electron chi connectivity index (χ1n) is 8.97. The van der Waals surface area contributed by atoms with Crippen LogP contribution in [0.4, 0.5) is 0 Å². The van der Waals surface area contributed by atoms with Crippen molar-refractivity contribution in [2.45, 2.75) is 77.7 Å². The third-order valence-corrected chi connectivity index (χ3v) is 5.71. The summed E-state index contributed by atoms with van der Waals surface area (Å²) in [6.07, 6.45) is 1.85. The van der Waals surface area contributed by atoms with Gasteiger partial charge in [0.25, 0.3) is 0 Å². The molecule has 0 aromatic rings. The summed E-state index contributed by atoms with van der Waals surface area (Å²) in [5, 5.41) is 6.69. The second kappa shape index (κ2) is 7.00. The van der Waals surface area contributed by atoms with Crippen molar-refractivity contribution in [3.63, 3.8) is 0 Å². The molecule has 2 aliphatic heterocycles. The zero-order chi connectivity index (χ0) is 18.1. The first-order chi connectivity index (χ1) is 11.0. The van der Waals surface area contributed by atoms with Crippen LogP contribution in [0.1, 0.15) is 54.4 Å². The van der Waals surface area contributed by atoms with Crippen molar-refractivity contribution < 1.29 is 19.1 Å². The fourth-order valence-electron chi connectivity index (χ4n) is 4.33. The lowest BCUT2D eigenvalue weighted by Crippen LogP contribution is -2.46. The monoisotopic (exact) mass is 340 g/mol. The molecule has 2 N–H and O–H groups in total. The van der Waals surface area contributed by atoms with Gasteiger partial charge in [-0.25, -0.2) is 9.59 Å². The molecule has 6 nitrogen and oxygen atoms in total. The Balaban J connectivity index is 1.95. The number of hydrogen-bond donors (Lipinski definition) is 2. The van der Waals surface area contributed by atoms with Gasteiger partial charge in [-0.1, -0.05) is 0 Å². The lowest BCUT2D eigenvalue weighted by molar-refractivity contribution is -0.188. The van der Waals surface area contributed by atoms with E-state index in [0.717, 1.165) is 25.9 Å². The van der Waals surface area contributed by atoms with Crippen molar-refractivity contribution in [2.75, 3.05) is 13.1 Å². The molecule has 0 bridgehead atoms. The lowest BCUT2D eigenvalue weighted by Gasteiger charge is -2.35. The normalized spacial score (nSPS) is 31.1.